The van der Waals surface area contributed by atoms with E-state index in [2.05, 4.69) is 34.1 Å². The van der Waals surface area contributed by atoms with Gasteiger partial charge in [0.05, 0.1) is 24.3 Å². The zero-order valence-electron chi connectivity index (χ0n) is 19.7. The first-order valence-corrected chi connectivity index (χ1v) is 12.4. The van der Waals surface area contributed by atoms with Crippen LogP contribution in [0.25, 0.3) is 10.9 Å². The number of carbonyl (C=O) groups is 1. The molecule has 2 aliphatic rings. The number of para-hydroxylation sites is 1. The summed E-state index contributed by atoms with van der Waals surface area (Å²) in [4.78, 5) is 22.2. The average molecular weight is 460 g/mol. The molecule has 0 unspecified atom stereocenters. The van der Waals surface area contributed by atoms with E-state index in [1.165, 1.54) is 10.9 Å². The van der Waals surface area contributed by atoms with E-state index in [4.69, 9.17) is 9.47 Å². The fraction of sp³-hybridized carbons (Fsp3) is 0.429. The molecule has 5 rings (SSSR count). The smallest absolute Gasteiger partial charge is 0.257 e. The van der Waals surface area contributed by atoms with Crippen molar-refractivity contribution in [3.63, 3.8) is 0 Å². The van der Waals surface area contributed by atoms with Crippen molar-refractivity contribution in [3.8, 4) is 5.75 Å². The molecule has 2 aliphatic heterocycles. The van der Waals surface area contributed by atoms with Gasteiger partial charge in [0, 0.05) is 44.3 Å². The van der Waals surface area contributed by atoms with Crippen LogP contribution < -0.4 is 4.74 Å². The molecule has 2 saturated heterocycles. The summed E-state index contributed by atoms with van der Waals surface area (Å²) in [6, 6.07) is 18.3. The SMILES string of the molecule is O=C(c1ccccc1OCCN1CCOCC1)N1CCC[C@H](Cc2ccc3ncccc3c2)C1. The maximum atomic E-state index is 13.5. The predicted molar refractivity (Wildman–Crippen MR) is 133 cm³/mol. The van der Waals surface area contributed by atoms with Crippen LogP contribution in [-0.2, 0) is 11.2 Å². The first-order valence-electron chi connectivity index (χ1n) is 12.4. The van der Waals surface area contributed by atoms with Crippen LogP contribution in [0, 0.1) is 5.92 Å². The maximum absolute atomic E-state index is 13.5. The normalized spacial score (nSPS) is 19.3. The fourth-order valence-corrected chi connectivity index (χ4v) is 5.05. The topological polar surface area (TPSA) is 54.9 Å². The first-order chi connectivity index (χ1) is 16.8. The minimum atomic E-state index is 0.0781. The van der Waals surface area contributed by atoms with E-state index >= 15 is 0 Å². The number of rotatable bonds is 7. The quantitative estimate of drug-likeness (QED) is 0.534. The van der Waals surface area contributed by atoms with Crippen LogP contribution >= 0.6 is 0 Å². The molecule has 0 aliphatic carbocycles. The van der Waals surface area contributed by atoms with Crippen molar-refractivity contribution < 1.29 is 14.3 Å². The van der Waals surface area contributed by atoms with E-state index < -0.39 is 0 Å². The molecule has 2 aromatic carbocycles. The summed E-state index contributed by atoms with van der Waals surface area (Å²) in [5.41, 5.74) is 3.01. The van der Waals surface area contributed by atoms with Gasteiger partial charge in [0.1, 0.15) is 12.4 Å². The number of hydrogen-bond acceptors (Lipinski definition) is 5. The summed E-state index contributed by atoms with van der Waals surface area (Å²) in [5, 5.41) is 1.17. The van der Waals surface area contributed by atoms with Crippen molar-refractivity contribution >= 4 is 16.8 Å². The molecule has 3 aromatic rings. The van der Waals surface area contributed by atoms with Crippen LogP contribution in [0.15, 0.2) is 60.8 Å². The Kier molecular flexibility index (Phi) is 7.37. The Bertz CT molecular complexity index is 1110. The molecular formula is C28H33N3O3. The van der Waals surface area contributed by atoms with Crippen LogP contribution in [0.4, 0.5) is 0 Å². The second kappa shape index (κ2) is 11.0. The lowest BCUT2D eigenvalue weighted by Crippen LogP contribution is -2.41. The third kappa shape index (κ3) is 5.57. The first kappa shape index (κ1) is 22.8. The Balaban J connectivity index is 1.21. The van der Waals surface area contributed by atoms with E-state index in [0.717, 1.165) is 70.7 Å². The van der Waals surface area contributed by atoms with E-state index in [0.29, 0.717) is 23.8 Å². The third-order valence-corrected chi connectivity index (χ3v) is 6.88. The van der Waals surface area contributed by atoms with Gasteiger partial charge in [0.15, 0.2) is 0 Å². The van der Waals surface area contributed by atoms with Gasteiger partial charge in [-0.3, -0.25) is 14.7 Å². The number of likely N-dealkylation sites (tertiary alicyclic amines) is 1. The van der Waals surface area contributed by atoms with Crippen LogP contribution in [0.1, 0.15) is 28.8 Å². The Morgan fingerprint density at radius 3 is 2.85 bits per heavy atom. The predicted octanol–water partition coefficient (Wildman–Crippen LogP) is 4.04. The molecule has 3 heterocycles. The summed E-state index contributed by atoms with van der Waals surface area (Å²) in [6.07, 6.45) is 4.99. The summed E-state index contributed by atoms with van der Waals surface area (Å²) in [7, 11) is 0. The van der Waals surface area contributed by atoms with Gasteiger partial charge in [-0.15, -0.1) is 0 Å². The highest BCUT2D eigenvalue weighted by atomic mass is 16.5. The number of carbonyl (C=O) groups excluding carboxylic acids is 1. The van der Waals surface area contributed by atoms with Gasteiger partial charge in [-0.05, 0) is 61.1 Å². The van der Waals surface area contributed by atoms with E-state index in [1.54, 1.807) is 0 Å². The summed E-state index contributed by atoms with van der Waals surface area (Å²) >= 11 is 0. The molecule has 1 atom stereocenters. The molecule has 178 valence electrons. The average Bonchev–Trinajstić information content (AvgIpc) is 2.89. The van der Waals surface area contributed by atoms with Crippen molar-refractivity contribution in [2.24, 2.45) is 5.92 Å². The number of aromatic nitrogens is 1. The zero-order chi connectivity index (χ0) is 23.2. The van der Waals surface area contributed by atoms with Crippen LogP contribution in [0.3, 0.4) is 0 Å². The van der Waals surface area contributed by atoms with Crippen LogP contribution in [-0.4, -0.2) is 73.2 Å². The van der Waals surface area contributed by atoms with E-state index in [-0.39, 0.29) is 5.91 Å². The van der Waals surface area contributed by atoms with Crippen molar-refractivity contribution in [1.29, 1.82) is 0 Å². The molecule has 0 saturated carbocycles. The molecule has 0 spiro atoms. The molecule has 1 amide bonds. The highest BCUT2D eigenvalue weighted by molar-refractivity contribution is 5.97. The Labute approximate surface area is 201 Å². The monoisotopic (exact) mass is 459 g/mol. The highest BCUT2D eigenvalue weighted by Gasteiger charge is 2.26. The van der Waals surface area contributed by atoms with Crippen LogP contribution in [0.5, 0.6) is 5.75 Å². The Hall–Kier alpha value is -2.96. The summed E-state index contributed by atoms with van der Waals surface area (Å²) in [6.45, 7) is 6.44. The fourth-order valence-electron chi connectivity index (χ4n) is 5.05. The second-order valence-corrected chi connectivity index (χ2v) is 9.29. The summed E-state index contributed by atoms with van der Waals surface area (Å²) in [5.74, 6) is 1.22. The Morgan fingerprint density at radius 1 is 1.06 bits per heavy atom. The van der Waals surface area contributed by atoms with Gasteiger partial charge in [0.25, 0.3) is 5.91 Å². The minimum absolute atomic E-state index is 0.0781. The van der Waals surface area contributed by atoms with Gasteiger partial charge in [0.2, 0.25) is 0 Å². The largest absolute Gasteiger partial charge is 0.491 e. The van der Waals surface area contributed by atoms with E-state index in [1.807, 2.05) is 41.4 Å². The number of amides is 1. The van der Waals surface area contributed by atoms with Crippen molar-refractivity contribution in [2.75, 3.05) is 52.5 Å². The van der Waals surface area contributed by atoms with Crippen molar-refractivity contribution in [2.45, 2.75) is 19.3 Å². The van der Waals surface area contributed by atoms with Gasteiger partial charge >= 0.3 is 0 Å². The maximum Gasteiger partial charge on any atom is 0.257 e. The number of nitrogens with zero attached hydrogens (tertiary/aromatic N) is 3. The number of fused-ring (bicyclic) bond motifs is 1. The molecule has 6 nitrogen and oxygen atoms in total. The summed E-state index contributed by atoms with van der Waals surface area (Å²) < 4.78 is 11.5. The standard InChI is InChI=1S/C28H33N3O3/c32-28(25-7-1-2-8-27(25)34-18-15-30-13-16-33-17-14-30)31-12-4-5-23(21-31)19-22-9-10-26-24(20-22)6-3-11-29-26/h1-3,6-11,20,23H,4-5,12-19,21H2/t23-/m1/s1. The van der Waals surface area contributed by atoms with Crippen molar-refractivity contribution in [1.82, 2.24) is 14.8 Å². The molecule has 0 N–H and O–H groups in total. The molecule has 2 fully saturated rings. The lowest BCUT2D eigenvalue weighted by atomic mass is 9.90. The Morgan fingerprint density at radius 2 is 1.94 bits per heavy atom. The van der Waals surface area contributed by atoms with Crippen LogP contribution in [0.2, 0.25) is 0 Å². The molecule has 0 bridgehead atoms. The second-order valence-electron chi connectivity index (χ2n) is 9.29. The van der Waals surface area contributed by atoms with Gasteiger partial charge in [-0.1, -0.05) is 24.3 Å². The molecule has 1 aromatic heterocycles. The molecule has 34 heavy (non-hydrogen) atoms. The number of hydrogen-bond donors (Lipinski definition) is 0. The highest BCUT2D eigenvalue weighted by Crippen LogP contribution is 2.26. The van der Waals surface area contributed by atoms with E-state index in [9.17, 15) is 4.79 Å². The number of piperidine rings is 1. The third-order valence-electron chi connectivity index (χ3n) is 6.88. The number of morpholine rings is 1. The molecular weight excluding hydrogens is 426 g/mol. The zero-order valence-corrected chi connectivity index (χ0v) is 19.7. The number of pyridine rings is 1. The van der Waals surface area contributed by atoms with Gasteiger partial charge < -0.3 is 14.4 Å². The number of ether oxygens (including phenoxy) is 2. The van der Waals surface area contributed by atoms with Crippen molar-refractivity contribution in [3.05, 3.63) is 71.9 Å². The lowest BCUT2D eigenvalue weighted by Gasteiger charge is -2.33. The lowest BCUT2D eigenvalue weighted by molar-refractivity contribution is 0.0321. The molecule has 0 radical (unpaired) electrons. The number of benzene rings is 2. The molecule has 6 heteroatoms. The van der Waals surface area contributed by atoms with Gasteiger partial charge in [-0.2, -0.15) is 0 Å². The van der Waals surface area contributed by atoms with Gasteiger partial charge in [-0.25, -0.2) is 0 Å². The minimum Gasteiger partial charge on any atom is -0.491 e.